The van der Waals surface area contributed by atoms with Crippen LogP contribution in [0.15, 0.2) is 12.1 Å². The number of nitrogens with zero attached hydrogens (tertiary/aromatic N) is 2. The van der Waals surface area contributed by atoms with Gasteiger partial charge in [0.25, 0.3) is 0 Å². The lowest BCUT2D eigenvalue weighted by Crippen LogP contribution is -2.56. The number of carbonyl (C=O) groups is 2. The minimum atomic E-state index is -3.37. The normalized spacial score (nSPS) is 24.9. The molecule has 2 saturated heterocycles. The molecule has 0 spiro atoms. The highest BCUT2D eigenvalue weighted by Gasteiger charge is 2.43. The number of amides is 3. The third kappa shape index (κ3) is 4.88. The van der Waals surface area contributed by atoms with Gasteiger partial charge in [0, 0.05) is 36.3 Å². The Labute approximate surface area is 193 Å². The molecule has 1 N–H and O–H groups in total. The van der Waals surface area contributed by atoms with E-state index in [4.69, 9.17) is 11.6 Å². The summed E-state index contributed by atoms with van der Waals surface area (Å²) in [7, 11) is -3.37. The fraction of sp³-hybridized carbons (Fsp3) is 0.636. The van der Waals surface area contributed by atoms with E-state index >= 15 is 0 Å². The van der Waals surface area contributed by atoms with Gasteiger partial charge < -0.3 is 15.1 Å². The van der Waals surface area contributed by atoms with Gasteiger partial charge in [-0.05, 0) is 63.1 Å². The lowest BCUT2D eigenvalue weighted by atomic mass is 10.0. The first-order valence-electron chi connectivity index (χ1n) is 11.2. The number of aryl methyl sites for hydroxylation is 1. The van der Waals surface area contributed by atoms with Crippen LogP contribution in [-0.4, -0.2) is 66.3 Å². The number of carbonyl (C=O) groups excluding carboxylic acids is 2. The zero-order valence-electron chi connectivity index (χ0n) is 18.1. The van der Waals surface area contributed by atoms with Crippen LogP contribution in [-0.2, 0) is 21.2 Å². The Kier molecular flexibility index (Phi) is 6.68. The van der Waals surface area contributed by atoms with Gasteiger partial charge in [-0.1, -0.05) is 11.6 Å². The summed E-state index contributed by atoms with van der Waals surface area (Å²) in [6, 6.07) is 2.51. The lowest BCUT2D eigenvalue weighted by molar-refractivity contribution is -0.132. The molecule has 1 aromatic rings. The third-order valence-corrected chi connectivity index (χ3v) is 9.21. The molecule has 1 aliphatic carbocycles. The van der Waals surface area contributed by atoms with Crippen molar-refractivity contribution in [2.24, 2.45) is 0 Å². The van der Waals surface area contributed by atoms with Gasteiger partial charge in [-0.2, -0.15) is 0 Å². The zero-order valence-corrected chi connectivity index (χ0v) is 19.7. The fourth-order valence-corrected chi connectivity index (χ4v) is 6.74. The van der Waals surface area contributed by atoms with Crippen LogP contribution in [0.3, 0.4) is 0 Å². The summed E-state index contributed by atoms with van der Waals surface area (Å²) in [6.45, 7) is 2.67. The summed E-state index contributed by atoms with van der Waals surface area (Å²) in [4.78, 5) is 29.4. The molecule has 2 heterocycles. The SMILES string of the molecule is Cc1cc(CNC(=O)N(C2CC2)[C@@H]2CCCN(C(=O)[C@H]3CCCS3(=O)=O)C2)c(F)cc1Cl. The molecule has 0 bridgehead atoms. The van der Waals surface area contributed by atoms with Gasteiger partial charge >= 0.3 is 6.03 Å². The van der Waals surface area contributed by atoms with Crippen molar-refractivity contribution in [3.63, 3.8) is 0 Å². The van der Waals surface area contributed by atoms with Gasteiger partial charge in [-0.15, -0.1) is 0 Å². The van der Waals surface area contributed by atoms with Gasteiger partial charge in [-0.25, -0.2) is 17.6 Å². The molecular weight excluding hydrogens is 457 g/mol. The maximum Gasteiger partial charge on any atom is 0.318 e. The maximum atomic E-state index is 14.2. The highest BCUT2D eigenvalue weighted by atomic mass is 35.5. The molecule has 176 valence electrons. The van der Waals surface area contributed by atoms with Crippen molar-refractivity contribution < 1.29 is 22.4 Å². The Bertz CT molecular complexity index is 1010. The predicted molar refractivity (Wildman–Crippen MR) is 120 cm³/mol. The molecule has 3 aliphatic rings. The molecule has 32 heavy (non-hydrogen) atoms. The molecule has 3 amide bonds. The molecule has 4 rings (SSSR count). The van der Waals surface area contributed by atoms with E-state index in [0.29, 0.717) is 42.9 Å². The number of benzene rings is 1. The number of sulfone groups is 1. The van der Waals surface area contributed by atoms with Crippen molar-refractivity contribution in [2.75, 3.05) is 18.8 Å². The predicted octanol–water partition coefficient (Wildman–Crippen LogP) is 3.03. The van der Waals surface area contributed by atoms with E-state index in [1.807, 2.05) is 0 Å². The van der Waals surface area contributed by atoms with Crippen molar-refractivity contribution in [3.8, 4) is 0 Å². The van der Waals surface area contributed by atoms with E-state index in [0.717, 1.165) is 24.8 Å². The average Bonchev–Trinajstić information content (AvgIpc) is 3.51. The van der Waals surface area contributed by atoms with Crippen LogP contribution in [0.4, 0.5) is 9.18 Å². The first-order valence-corrected chi connectivity index (χ1v) is 13.3. The topological polar surface area (TPSA) is 86.8 Å². The summed E-state index contributed by atoms with van der Waals surface area (Å²) in [5.41, 5.74) is 1.10. The summed E-state index contributed by atoms with van der Waals surface area (Å²) in [6.07, 6.45) is 4.14. The standard InChI is InChI=1S/C22H29ClFN3O4S/c1-14-10-15(19(24)11-18(14)23)12-25-22(29)27(16-6-7-16)17-4-2-8-26(13-17)21(28)20-5-3-9-32(20,30)31/h10-11,16-17,20H,2-9,12-13H2,1H3,(H,25,29)/t17-,20-/m1/s1. The van der Waals surface area contributed by atoms with E-state index in [1.165, 1.54) is 6.07 Å². The molecule has 3 fully saturated rings. The summed E-state index contributed by atoms with van der Waals surface area (Å²) >= 11 is 5.95. The second kappa shape index (κ2) is 9.17. The molecule has 10 heteroatoms. The van der Waals surface area contributed by atoms with E-state index in [2.05, 4.69) is 5.32 Å². The molecule has 0 unspecified atom stereocenters. The molecule has 2 atom stereocenters. The van der Waals surface area contributed by atoms with Crippen LogP contribution in [0.5, 0.6) is 0 Å². The second-order valence-corrected chi connectivity index (χ2v) is 11.8. The quantitative estimate of drug-likeness (QED) is 0.694. The molecule has 0 radical (unpaired) electrons. The minimum absolute atomic E-state index is 0.0432. The Morgan fingerprint density at radius 3 is 2.59 bits per heavy atom. The van der Waals surface area contributed by atoms with Crippen LogP contribution in [0.1, 0.15) is 49.7 Å². The van der Waals surface area contributed by atoms with E-state index in [-0.39, 0.29) is 36.3 Å². The van der Waals surface area contributed by atoms with Crippen molar-refractivity contribution >= 4 is 33.4 Å². The van der Waals surface area contributed by atoms with Crippen LogP contribution in [0, 0.1) is 12.7 Å². The van der Waals surface area contributed by atoms with Gasteiger partial charge in [0.15, 0.2) is 9.84 Å². The van der Waals surface area contributed by atoms with E-state index in [9.17, 15) is 22.4 Å². The second-order valence-electron chi connectivity index (χ2n) is 9.07. The third-order valence-electron chi connectivity index (χ3n) is 6.64. The Hall–Kier alpha value is -1.87. The number of likely N-dealkylation sites (tertiary alicyclic amines) is 1. The number of piperidine rings is 1. The number of urea groups is 1. The van der Waals surface area contributed by atoms with Crippen molar-refractivity contribution in [1.29, 1.82) is 0 Å². The molecule has 7 nitrogen and oxygen atoms in total. The smallest absolute Gasteiger partial charge is 0.318 e. The summed E-state index contributed by atoms with van der Waals surface area (Å²) < 4.78 is 38.7. The van der Waals surface area contributed by atoms with Crippen LogP contribution >= 0.6 is 11.6 Å². The fourth-order valence-electron chi connectivity index (χ4n) is 4.75. The lowest BCUT2D eigenvalue weighted by Gasteiger charge is -2.40. The molecule has 2 aliphatic heterocycles. The van der Waals surface area contributed by atoms with Gasteiger partial charge in [0.2, 0.25) is 5.91 Å². The maximum absolute atomic E-state index is 14.2. The van der Waals surface area contributed by atoms with E-state index in [1.54, 1.807) is 22.8 Å². The van der Waals surface area contributed by atoms with Crippen LogP contribution in [0.2, 0.25) is 5.02 Å². The number of halogens is 2. The van der Waals surface area contributed by atoms with Gasteiger partial charge in [0.05, 0.1) is 11.8 Å². The number of nitrogens with one attached hydrogen (secondary N) is 1. The largest absolute Gasteiger partial charge is 0.340 e. The van der Waals surface area contributed by atoms with Gasteiger partial charge in [-0.3, -0.25) is 4.79 Å². The number of hydrogen-bond acceptors (Lipinski definition) is 4. The molecule has 1 aromatic carbocycles. The first kappa shape index (κ1) is 23.3. The number of hydrogen-bond donors (Lipinski definition) is 1. The number of rotatable bonds is 5. The van der Waals surface area contributed by atoms with E-state index < -0.39 is 20.9 Å². The Balaban J connectivity index is 1.42. The monoisotopic (exact) mass is 485 g/mol. The Morgan fingerprint density at radius 2 is 1.94 bits per heavy atom. The van der Waals surface area contributed by atoms with Crippen LogP contribution in [0.25, 0.3) is 0 Å². The summed E-state index contributed by atoms with van der Waals surface area (Å²) in [5.74, 6) is -0.731. The van der Waals surface area contributed by atoms with Crippen molar-refractivity contribution in [3.05, 3.63) is 34.1 Å². The van der Waals surface area contributed by atoms with Crippen LogP contribution < -0.4 is 5.32 Å². The molecule has 1 saturated carbocycles. The minimum Gasteiger partial charge on any atom is -0.340 e. The molecular formula is C22H29ClFN3O4S. The highest BCUT2D eigenvalue weighted by molar-refractivity contribution is 7.93. The Morgan fingerprint density at radius 1 is 1.19 bits per heavy atom. The average molecular weight is 486 g/mol. The van der Waals surface area contributed by atoms with Crippen molar-refractivity contribution in [2.45, 2.75) is 69.3 Å². The summed E-state index contributed by atoms with van der Waals surface area (Å²) in [5, 5.41) is 2.22. The zero-order chi connectivity index (χ0) is 23.0. The first-order chi connectivity index (χ1) is 15.2. The van der Waals surface area contributed by atoms with Gasteiger partial charge in [0.1, 0.15) is 11.1 Å². The highest BCUT2D eigenvalue weighted by Crippen LogP contribution is 2.32. The van der Waals surface area contributed by atoms with Crippen molar-refractivity contribution in [1.82, 2.24) is 15.1 Å². The molecule has 0 aromatic heterocycles.